The molecule has 0 amide bonds. The van der Waals surface area contributed by atoms with Crippen LogP contribution in [0.2, 0.25) is 0 Å². The van der Waals surface area contributed by atoms with Crippen molar-refractivity contribution >= 4 is 11.3 Å². The Morgan fingerprint density at radius 1 is 1.56 bits per heavy atom. The van der Waals surface area contributed by atoms with Gasteiger partial charge in [-0.3, -0.25) is 0 Å². The Balaban J connectivity index is 2.11. The van der Waals surface area contributed by atoms with Gasteiger partial charge in [0.1, 0.15) is 0 Å². The number of aromatic nitrogens is 1. The van der Waals surface area contributed by atoms with Gasteiger partial charge in [0.05, 0.1) is 10.7 Å². The highest BCUT2D eigenvalue weighted by molar-refractivity contribution is 7.09. The van der Waals surface area contributed by atoms with E-state index in [4.69, 9.17) is 5.73 Å². The minimum absolute atomic E-state index is 0.627. The first kappa shape index (κ1) is 13.6. The second-order valence-electron chi connectivity index (χ2n) is 4.20. The highest BCUT2D eigenvalue weighted by Crippen LogP contribution is 2.08. The van der Waals surface area contributed by atoms with Gasteiger partial charge in [-0.1, -0.05) is 13.3 Å². The van der Waals surface area contributed by atoms with Gasteiger partial charge in [-0.05, 0) is 32.4 Å². The third-order valence-corrected chi connectivity index (χ3v) is 3.51. The number of hydrogen-bond donors (Lipinski definition) is 2. The number of rotatable bonds is 8. The highest BCUT2D eigenvalue weighted by atomic mass is 32.1. The van der Waals surface area contributed by atoms with Crippen molar-refractivity contribution in [2.45, 2.75) is 33.1 Å². The molecular weight excluding hydrogens is 218 g/mol. The summed E-state index contributed by atoms with van der Waals surface area (Å²) in [7, 11) is 0. The normalized spacial score (nSPS) is 12.9. The Morgan fingerprint density at radius 2 is 2.38 bits per heavy atom. The largest absolute Gasteiger partial charge is 0.330 e. The fourth-order valence-corrected chi connectivity index (χ4v) is 2.40. The molecule has 0 saturated heterocycles. The van der Waals surface area contributed by atoms with E-state index in [1.165, 1.54) is 18.5 Å². The van der Waals surface area contributed by atoms with E-state index in [0.29, 0.717) is 5.92 Å². The molecule has 4 heteroatoms. The van der Waals surface area contributed by atoms with Crippen LogP contribution < -0.4 is 11.1 Å². The standard InChI is InChI=1S/C12H23N3S/c1-3-4-11(7-13)8-14-6-5-12-9-16-10(2)15-12/h9,11,14H,3-8,13H2,1-2H3. The predicted molar refractivity (Wildman–Crippen MR) is 70.9 cm³/mol. The Labute approximate surface area is 102 Å². The number of hydrogen-bond acceptors (Lipinski definition) is 4. The molecule has 3 N–H and O–H groups in total. The Morgan fingerprint density at radius 3 is 2.94 bits per heavy atom. The lowest BCUT2D eigenvalue weighted by atomic mass is 10.0. The molecule has 0 saturated carbocycles. The van der Waals surface area contributed by atoms with Crippen LogP contribution >= 0.6 is 11.3 Å². The monoisotopic (exact) mass is 241 g/mol. The van der Waals surface area contributed by atoms with E-state index < -0.39 is 0 Å². The Kier molecular flexibility index (Phi) is 6.61. The van der Waals surface area contributed by atoms with Gasteiger partial charge in [-0.25, -0.2) is 4.98 Å². The van der Waals surface area contributed by atoms with Gasteiger partial charge in [0.2, 0.25) is 0 Å². The maximum atomic E-state index is 5.70. The summed E-state index contributed by atoms with van der Waals surface area (Å²) in [4.78, 5) is 4.44. The summed E-state index contributed by atoms with van der Waals surface area (Å²) in [6.07, 6.45) is 3.46. The molecule has 1 heterocycles. The zero-order chi connectivity index (χ0) is 11.8. The van der Waals surface area contributed by atoms with Gasteiger partial charge in [-0.2, -0.15) is 0 Å². The summed E-state index contributed by atoms with van der Waals surface area (Å²) >= 11 is 1.72. The lowest BCUT2D eigenvalue weighted by Gasteiger charge is -2.13. The Bertz CT molecular complexity index is 286. The number of nitrogens with zero attached hydrogens (tertiary/aromatic N) is 1. The first-order valence-electron chi connectivity index (χ1n) is 6.08. The van der Waals surface area contributed by atoms with Crippen LogP contribution in [0.1, 0.15) is 30.5 Å². The molecule has 1 aromatic rings. The highest BCUT2D eigenvalue weighted by Gasteiger charge is 2.04. The molecule has 1 atom stereocenters. The van der Waals surface area contributed by atoms with Crippen LogP contribution in [-0.4, -0.2) is 24.6 Å². The van der Waals surface area contributed by atoms with E-state index in [-0.39, 0.29) is 0 Å². The van der Waals surface area contributed by atoms with E-state index in [0.717, 1.165) is 31.1 Å². The summed E-state index contributed by atoms with van der Waals surface area (Å²) < 4.78 is 0. The summed E-state index contributed by atoms with van der Waals surface area (Å²) in [6.45, 7) is 7.08. The van der Waals surface area contributed by atoms with Crippen molar-refractivity contribution in [3.8, 4) is 0 Å². The van der Waals surface area contributed by atoms with Crippen LogP contribution in [0, 0.1) is 12.8 Å². The van der Waals surface area contributed by atoms with Gasteiger partial charge in [0.25, 0.3) is 0 Å². The number of aryl methyl sites for hydroxylation is 1. The van der Waals surface area contributed by atoms with Crippen LogP contribution in [0.25, 0.3) is 0 Å². The van der Waals surface area contributed by atoms with E-state index in [1.54, 1.807) is 11.3 Å². The van der Waals surface area contributed by atoms with Gasteiger partial charge in [0.15, 0.2) is 0 Å². The SMILES string of the molecule is CCCC(CN)CNCCc1csc(C)n1. The number of thiazole rings is 1. The molecule has 0 bridgehead atoms. The molecule has 16 heavy (non-hydrogen) atoms. The second kappa shape index (κ2) is 7.76. The van der Waals surface area contributed by atoms with Crippen LogP contribution in [0.15, 0.2) is 5.38 Å². The van der Waals surface area contributed by atoms with E-state index >= 15 is 0 Å². The first-order chi connectivity index (χ1) is 7.76. The minimum Gasteiger partial charge on any atom is -0.330 e. The van der Waals surface area contributed by atoms with Crippen LogP contribution in [-0.2, 0) is 6.42 Å². The zero-order valence-electron chi connectivity index (χ0n) is 10.3. The maximum Gasteiger partial charge on any atom is 0.0897 e. The van der Waals surface area contributed by atoms with E-state index in [2.05, 4.69) is 22.6 Å². The molecular formula is C12H23N3S. The smallest absolute Gasteiger partial charge is 0.0897 e. The van der Waals surface area contributed by atoms with E-state index in [1.807, 2.05) is 6.92 Å². The summed E-state index contributed by atoms with van der Waals surface area (Å²) in [6, 6.07) is 0. The number of nitrogens with one attached hydrogen (secondary N) is 1. The molecule has 1 aromatic heterocycles. The fourth-order valence-electron chi connectivity index (χ4n) is 1.76. The molecule has 92 valence electrons. The van der Waals surface area contributed by atoms with Gasteiger partial charge >= 0.3 is 0 Å². The van der Waals surface area contributed by atoms with Gasteiger partial charge in [0, 0.05) is 18.3 Å². The van der Waals surface area contributed by atoms with Crippen molar-refractivity contribution < 1.29 is 0 Å². The minimum atomic E-state index is 0.627. The van der Waals surface area contributed by atoms with Gasteiger partial charge in [-0.15, -0.1) is 11.3 Å². The third kappa shape index (κ3) is 5.05. The first-order valence-corrected chi connectivity index (χ1v) is 6.96. The van der Waals surface area contributed by atoms with Crippen molar-refractivity contribution in [1.29, 1.82) is 0 Å². The van der Waals surface area contributed by atoms with Crippen molar-refractivity contribution in [3.05, 3.63) is 16.1 Å². The molecule has 0 spiro atoms. The van der Waals surface area contributed by atoms with Crippen LogP contribution in [0.3, 0.4) is 0 Å². The molecule has 0 aliphatic heterocycles. The lowest BCUT2D eigenvalue weighted by molar-refractivity contribution is 0.451. The molecule has 0 aliphatic rings. The van der Waals surface area contributed by atoms with Crippen molar-refractivity contribution in [2.24, 2.45) is 11.7 Å². The van der Waals surface area contributed by atoms with Crippen LogP contribution in [0.4, 0.5) is 0 Å². The third-order valence-electron chi connectivity index (χ3n) is 2.69. The van der Waals surface area contributed by atoms with Crippen LogP contribution in [0.5, 0.6) is 0 Å². The topological polar surface area (TPSA) is 50.9 Å². The molecule has 1 rings (SSSR count). The zero-order valence-corrected chi connectivity index (χ0v) is 11.1. The van der Waals surface area contributed by atoms with Crippen molar-refractivity contribution in [3.63, 3.8) is 0 Å². The molecule has 3 nitrogen and oxygen atoms in total. The molecule has 1 unspecified atom stereocenters. The summed E-state index contributed by atoms with van der Waals surface area (Å²) in [5, 5.41) is 6.76. The summed E-state index contributed by atoms with van der Waals surface area (Å²) in [5.41, 5.74) is 6.91. The quantitative estimate of drug-likeness (QED) is 0.684. The fraction of sp³-hybridized carbons (Fsp3) is 0.750. The molecule has 0 aromatic carbocycles. The predicted octanol–water partition coefficient (Wildman–Crippen LogP) is 1.96. The van der Waals surface area contributed by atoms with E-state index in [9.17, 15) is 0 Å². The molecule has 0 aliphatic carbocycles. The Hall–Kier alpha value is -0.450. The average Bonchev–Trinajstić information content (AvgIpc) is 2.69. The lowest BCUT2D eigenvalue weighted by Crippen LogP contribution is -2.29. The van der Waals surface area contributed by atoms with Crippen molar-refractivity contribution in [1.82, 2.24) is 10.3 Å². The molecule has 0 fully saturated rings. The van der Waals surface area contributed by atoms with Gasteiger partial charge < -0.3 is 11.1 Å². The number of nitrogens with two attached hydrogens (primary N) is 1. The average molecular weight is 241 g/mol. The maximum absolute atomic E-state index is 5.70. The summed E-state index contributed by atoms with van der Waals surface area (Å²) in [5.74, 6) is 0.627. The molecule has 0 radical (unpaired) electrons. The second-order valence-corrected chi connectivity index (χ2v) is 5.26. The van der Waals surface area contributed by atoms with Crippen molar-refractivity contribution in [2.75, 3.05) is 19.6 Å².